The van der Waals surface area contributed by atoms with Crippen LogP contribution in [0.1, 0.15) is 26.4 Å². The Kier molecular flexibility index (Phi) is 8.26. The number of fused-ring (bicyclic) bond motifs is 3. The zero-order valence-electron chi connectivity index (χ0n) is 23.0. The molecule has 0 unspecified atom stereocenters. The maximum absolute atomic E-state index is 13.5. The van der Waals surface area contributed by atoms with Gasteiger partial charge in [-0.15, -0.1) is 0 Å². The molecule has 10 heteroatoms. The fourth-order valence-corrected chi connectivity index (χ4v) is 5.65. The van der Waals surface area contributed by atoms with Crippen molar-refractivity contribution in [1.29, 1.82) is 0 Å². The number of ether oxygens (including phenoxy) is 2. The van der Waals surface area contributed by atoms with E-state index in [0.29, 0.717) is 26.9 Å². The lowest BCUT2D eigenvalue weighted by Gasteiger charge is -2.10. The van der Waals surface area contributed by atoms with Crippen LogP contribution in [0, 0.1) is 0 Å². The highest BCUT2D eigenvalue weighted by Gasteiger charge is 2.22. The molecule has 0 spiro atoms. The molecule has 0 saturated heterocycles. The normalized spacial score (nSPS) is 11.3. The minimum Gasteiger partial charge on any atom is -0.493 e. The molecule has 0 fully saturated rings. The number of nitrogens with zero attached hydrogens (tertiary/aromatic N) is 1. The van der Waals surface area contributed by atoms with Crippen LogP contribution in [0.4, 0.5) is 0 Å². The molecule has 0 saturated carbocycles. The van der Waals surface area contributed by atoms with Crippen molar-refractivity contribution in [3.63, 3.8) is 0 Å². The second-order valence-corrected chi connectivity index (χ2v) is 10.9. The molecule has 2 N–H and O–H groups in total. The summed E-state index contributed by atoms with van der Waals surface area (Å²) in [4.78, 5) is 29.5. The molecule has 0 radical (unpaired) electrons. The smallest absolute Gasteiger partial charge is 0.345 e. The van der Waals surface area contributed by atoms with E-state index in [1.165, 1.54) is 25.5 Å². The monoisotopic (exact) mass is 641 g/mol. The number of benzene rings is 5. The summed E-state index contributed by atoms with van der Waals surface area (Å²) in [5.41, 5.74) is 5.89. The number of nitrogens with one attached hydrogen (secondary N) is 2. The number of hydrazone groups is 1. The first-order chi connectivity index (χ1) is 21.3. The molecule has 1 heterocycles. The third kappa shape index (κ3) is 5.73. The largest absolute Gasteiger partial charge is 0.493 e. The van der Waals surface area contributed by atoms with Crippen molar-refractivity contribution in [2.45, 2.75) is 0 Å². The van der Waals surface area contributed by atoms with Gasteiger partial charge in [0, 0.05) is 31.9 Å². The number of amides is 1. The third-order valence-corrected chi connectivity index (χ3v) is 7.87. The van der Waals surface area contributed by atoms with Gasteiger partial charge in [0.15, 0.2) is 11.5 Å². The van der Waals surface area contributed by atoms with E-state index in [1.54, 1.807) is 30.3 Å². The summed E-state index contributed by atoms with van der Waals surface area (Å²) in [5, 5.41) is 8.14. The van der Waals surface area contributed by atoms with Gasteiger partial charge < -0.3 is 14.5 Å². The average molecular weight is 643 g/mol. The van der Waals surface area contributed by atoms with Crippen molar-refractivity contribution in [3.05, 3.63) is 129 Å². The number of hydrogen-bond acceptors (Lipinski definition) is 5. The SMILES string of the molecule is COc1cc(C=NNC(=O)c2[nH]c3c(ccc4ccccc43)c2-c2ccccc2Cl)ccc1OC(=O)c1ccc(Cl)cc1Cl. The Balaban J connectivity index is 1.27. The topological polar surface area (TPSA) is 92.8 Å². The summed E-state index contributed by atoms with van der Waals surface area (Å²) in [7, 11) is 1.44. The fourth-order valence-electron chi connectivity index (χ4n) is 4.93. The van der Waals surface area contributed by atoms with E-state index in [1.807, 2.05) is 54.6 Å². The number of H-pyrrole nitrogens is 1. The molecule has 1 amide bonds. The maximum Gasteiger partial charge on any atom is 0.345 e. The Labute approximate surface area is 267 Å². The van der Waals surface area contributed by atoms with Gasteiger partial charge in [0.25, 0.3) is 5.91 Å². The summed E-state index contributed by atoms with van der Waals surface area (Å²) in [6.07, 6.45) is 1.45. The highest BCUT2D eigenvalue weighted by Crippen LogP contribution is 2.39. The fraction of sp³-hybridized carbons (Fsp3) is 0.0294. The van der Waals surface area contributed by atoms with Gasteiger partial charge in [0.1, 0.15) is 5.69 Å². The summed E-state index contributed by atoms with van der Waals surface area (Å²) < 4.78 is 10.9. The number of esters is 1. The minimum atomic E-state index is -0.668. The molecule has 0 bridgehead atoms. The van der Waals surface area contributed by atoms with E-state index < -0.39 is 11.9 Å². The Bertz CT molecular complexity index is 2110. The standard InChI is InChI=1S/C34H22Cl3N3O4/c1-43-29-16-19(10-15-28(29)44-34(42)24-14-12-21(35)17-27(24)37)18-38-40-33(41)32-30(23-8-4-5-9-26(23)36)25-13-11-20-6-2-3-7-22(20)31(25)39-32/h2-18,39H,1H3,(H,40,41). The molecule has 6 rings (SSSR count). The predicted molar refractivity (Wildman–Crippen MR) is 176 cm³/mol. The van der Waals surface area contributed by atoms with Crippen molar-refractivity contribution >= 4 is 74.6 Å². The molecule has 1 aromatic heterocycles. The average Bonchev–Trinajstić information content (AvgIpc) is 3.42. The predicted octanol–water partition coefficient (Wildman–Crippen LogP) is 8.94. The Morgan fingerprint density at radius 2 is 1.61 bits per heavy atom. The second-order valence-electron chi connectivity index (χ2n) is 9.69. The lowest BCUT2D eigenvalue weighted by molar-refractivity contribution is 0.0729. The quantitative estimate of drug-likeness (QED) is 0.0787. The van der Waals surface area contributed by atoms with Crippen LogP contribution in [-0.4, -0.2) is 30.2 Å². The van der Waals surface area contributed by atoms with Crippen LogP contribution in [0.25, 0.3) is 32.8 Å². The van der Waals surface area contributed by atoms with Gasteiger partial charge >= 0.3 is 5.97 Å². The van der Waals surface area contributed by atoms with Crippen molar-refractivity contribution in [2.24, 2.45) is 5.10 Å². The first-order valence-electron chi connectivity index (χ1n) is 13.3. The van der Waals surface area contributed by atoms with Crippen LogP contribution in [0.15, 0.2) is 102 Å². The summed E-state index contributed by atoms with van der Waals surface area (Å²) in [5.74, 6) is -0.658. The van der Waals surface area contributed by atoms with E-state index in [-0.39, 0.29) is 22.1 Å². The highest BCUT2D eigenvalue weighted by atomic mass is 35.5. The number of rotatable bonds is 7. The van der Waals surface area contributed by atoms with Crippen molar-refractivity contribution < 1.29 is 19.1 Å². The molecule has 6 aromatic rings. The Morgan fingerprint density at radius 3 is 2.41 bits per heavy atom. The van der Waals surface area contributed by atoms with Crippen LogP contribution in [0.2, 0.25) is 15.1 Å². The van der Waals surface area contributed by atoms with Gasteiger partial charge in [-0.3, -0.25) is 4.79 Å². The molecular weight excluding hydrogens is 621 g/mol. The molecular formula is C34H22Cl3N3O4. The minimum absolute atomic E-state index is 0.160. The number of aromatic amines is 1. The molecule has 218 valence electrons. The lowest BCUT2D eigenvalue weighted by atomic mass is 9.99. The van der Waals surface area contributed by atoms with Crippen LogP contribution in [0.5, 0.6) is 11.5 Å². The number of halogens is 3. The second kappa shape index (κ2) is 12.4. The van der Waals surface area contributed by atoms with E-state index in [9.17, 15) is 9.59 Å². The lowest BCUT2D eigenvalue weighted by Crippen LogP contribution is -2.19. The van der Waals surface area contributed by atoms with Crippen molar-refractivity contribution in [1.82, 2.24) is 10.4 Å². The number of hydrogen-bond donors (Lipinski definition) is 2. The first kappa shape index (κ1) is 29.3. The van der Waals surface area contributed by atoms with Gasteiger partial charge in [-0.1, -0.05) is 89.4 Å². The summed E-state index contributed by atoms with van der Waals surface area (Å²) in [6, 6.07) is 28.6. The number of aromatic nitrogens is 1. The molecule has 7 nitrogen and oxygen atoms in total. The van der Waals surface area contributed by atoms with Crippen LogP contribution < -0.4 is 14.9 Å². The van der Waals surface area contributed by atoms with E-state index in [0.717, 1.165) is 27.2 Å². The molecule has 44 heavy (non-hydrogen) atoms. The highest BCUT2D eigenvalue weighted by molar-refractivity contribution is 6.36. The van der Waals surface area contributed by atoms with Crippen LogP contribution >= 0.6 is 34.8 Å². The van der Waals surface area contributed by atoms with Gasteiger partial charge in [-0.25, -0.2) is 10.2 Å². The molecule has 0 atom stereocenters. The summed E-state index contributed by atoms with van der Waals surface area (Å²) in [6.45, 7) is 0. The molecule has 5 aromatic carbocycles. The van der Waals surface area contributed by atoms with Gasteiger partial charge in [-0.2, -0.15) is 5.10 Å². The van der Waals surface area contributed by atoms with Crippen LogP contribution in [-0.2, 0) is 0 Å². The van der Waals surface area contributed by atoms with Crippen molar-refractivity contribution in [2.75, 3.05) is 7.11 Å². The van der Waals surface area contributed by atoms with Crippen molar-refractivity contribution in [3.8, 4) is 22.6 Å². The molecule has 0 aliphatic rings. The number of carbonyl (C=O) groups excluding carboxylic acids is 2. The Morgan fingerprint density at radius 1 is 0.818 bits per heavy atom. The first-order valence-corrected chi connectivity index (χ1v) is 14.4. The maximum atomic E-state index is 13.5. The zero-order chi connectivity index (χ0) is 30.8. The molecule has 0 aliphatic carbocycles. The zero-order valence-corrected chi connectivity index (χ0v) is 25.3. The number of carbonyl (C=O) groups is 2. The van der Waals surface area contributed by atoms with E-state index in [4.69, 9.17) is 44.3 Å². The van der Waals surface area contributed by atoms with E-state index >= 15 is 0 Å². The van der Waals surface area contributed by atoms with Gasteiger partial charge in [0.05, 0.1) is 29.4 Å². The van der Waals surface area contributed by atoms with Gasteiger partial charge in [0.2, 0.25) is 0 Å². The number of methoxy groups -OCH3 is 1. The van der Waals surface area contributed by atoms with Gasteiger partial charge in [-0.05, 0) is 53.4 Å². The van der Waals surface area contributed by atoms with Crippen LogP contribution in [0.3, 0.4) is 0 Å². The third-order valence-electron chi connectivity index (χ3n) is 6.99. The Hall–Kier alpha value is -4.82. The summed E-state index contributed by atoms with van der Waals surface area (Å²) >= 11 is 18.6. The molecule has 0 aliphatic heterocycles. The van der Waals surface area contributed by atoms with E-state index in [2.05, 4.69) is 15.5 Å².